The number of amides is 2. The van der Waals surface area contributed by atoms with Crippen molar-refractivity contribution in [2.75, 3.05) is 25.6 Å². The number of carbonyl (C=O) groups is 2. The van der Waals surface area contributed by atoms with Gasteiger partial charge in [-0.25, -0.2) is 9.59 Å². The number of nitrogens with zero attached hydrogens (tertiary/aromatic N) is 1. The molecule has 0 saturated heterocycles. The fourth-order valence-corrected chi connectivity index (χ4v) is 4.42. The third-order valence-corrected chi connectivity index (χ3v) is 5.89. The van der Waals surface area contributed by atoms with Gasteiger partial charge in [-0.1, -0.05) is 30.3 Å². The monoisotopic (exact) mass is 418 g/mol. The normalized spacial score (nSPS) is 14.8. The highest BCUT2D eigenvalue weighted by atomic mass is 32.1. The van der Waals surface area contributed by atoms with Crippen LogP contribution in [0.15, 0.2) is 30.3 Å². The molecule has 0 spiro atoms. The Morgan fingerprint density at radius 3 is 2.69 bits per heavy atom. The maximum Gasteiger partial charge on any atom is 0.341 e. The predicted octanol–water partition coefficient (Wildman–Crippen LogP) is 3.41. The van der Waals surface area contributed by atoms with Crippen LogP contribution in [-0.4, -0.2) is 47.9 Å². The standard InChI is InChI=1S/C21H26N2O5S/c1-21(2)11-15-16(13-28-21)29-18(17(15)19(25)27-3)22-20(26)23(9-10-24)12-14-7-5-4-6-8-14/h4-8,24H,9-13H2,1-3H3,(H,22,26). The van der Waals surface area contributed by atoms with Gasteiger partial charge in [-0.05, 0) is 25.0 Å². The van der Waals surface area contributed by atoms with Gasteiger partial charge in [0.2, 0.25) is 0 Å². The summed E-state index contributed by atoms with van der Waals surface area (Å²) >= 11 is 1.33. The zero-order valence-corrected chi connectivity index (χ0v) is 17.7. The molecule has 1 aliphatic rings. The number of methoxy groups -OCH3 is 1. The van der Waals surface area contributed by atoms with E-state index in [4.69, 9.17) is 9.47 Å². The summed E-state index contributed by atoms with van der Waals surface area (Å²) in [6.45, 7) is 4.69. The van der Waals surface area contributed by atoms with Crippen molar-refractivity contribution in [2.45, 2.75) is 39.0 Å². The molecule has 1 aliphatic heterocycles. The van der Waals surface area contributed by atoms with Crippen molar-refractivity contribution in [3.63, 3.8) is 0 Å². The molecule has 0 saturated carbocycles. The van der Waals surface area contributed by atoms with Crippen molar-refractivity contribution in [2.24, 2.45) is 0 Å². The SMILES string of the molecule is COC(=O)c1c(NC(=O)N(CCO)Cc2ccccc2)sc2c1CC(C)(C)OC2. The van der Waals surface area contributed by atoms with Gasteiger partial charge in [0.15, 0.2) is 0 Å². The van der Waals surface area contributed by atoms with E-state index in [-0.39, 0.29) is 19.2 Å². The number of fused-ring (bicyclic) bond motifs is 1. The average molecular weight is 419 g/mol. The summed E-state index contributed by atoms with van der Waals surface area (Å²) in [5, 5.41) is 12.7. The van der Waals surface area contributed by atoms with E-state index in [1.807, 2.05) is 44.2 Å². The summed E-state index contributed by atoms with van der Waals surface area (Å²) < 4.78 is 10.8. The molecule has 1 aromatic carbocycles. The second-order valence-electron chi connectivity index (χ2n) is 7.49. The number of rotatable bonds is 6. The maximum atomic E-state index is 12.9. The Hall–Kier alpha value is -2.42. The molecule has 8 heteroatoms. The number of benzene rings is 1. The van der Waals surface area contributed by atoms with E-state index in [1.165, 1.54) is 23.3 Å². The van der Waals surface area contributed by atoms with Crippen LogP contribution in [0.4, 0.5) is 9.80 Å². The quantitative estimate of drug-likeness (QED) is 0.702. The molecule has 7 nitrogen and oxygen atoms in total. The fraction of sp³-hybridized carbons (Fsp3) is 0.429. The Labute approximate surface area is 174 Å². The lowest BCUT2D eigenvalue weighted by Gasteiger charge is -2.30. The van der Waals surface area contributed by atoms with E-state index in [0.29, 0.717) is 30.1 Å². The van der Waals surface area contributed by atoms with Gasteiger partial charge in [-0.15, -0.1) is 11.3 Å². The molecule has 0 aliphatic carbocycles. The summed E-state index contributed by atoms with van der Waals surface area (Å²) in [4.78, 5) is 27.8. The largest absolute Gasteiger partial charge is 0.465 e. The Balaban J connectivity index is 1.86. The van der Waals surface area contributed by atoms with Crippen LogP contribution in [0.3, 0.4) is 0 Å². The highest BCUT2D eigenvalue weighted by Crippen LogP contribution is 2.40. The van der Waals surface area contributed by atoms with Crippen molar-refractivity contribution in [1.29, 1.82) is 0 Å². The molecule has 156 valence electrons. The van der Waals surface area contributed by atoms with Crippen LogP contribution in [0.2, 0.25) is 0 Å². The number of aliphatic hydroxyl groups is 1. The van der Waals surface area contributed by atoms with Crippen molar-refractivity contribution in [3.8, 4) is 0 Å². The minimum absolute atomic E-state index is 0.160. The lowest BCUT2D eigenvalue weighted by atomic mass is 9.93. The van der Waals surface area contributed by atoms with Gasteiger partial charge < -0.3 is 19.5 Å². The smallest absolute Gasteiger partial charge is 0.341 e. The number of nitrogens with one attached hydrogen (secondary N) is 1. The van der Waals surface area contributed by atoms with Crippen molar-refractivity contribution in [1.82, 2.24) is 4.90 Å². The Kier molecular flexibility index (Phi) is 6.56. The topological polar surface area (TPSA) is 88.1 Å². The molecule has 0 unspecified atom stereocenters. The summed E-state index contributed by atoms with van der Waals surface area (Å²) in [7, 11) is 1.33. The molecule has 3 rings (SSSR count). The highest BCUT2D eigenvalue weighted by molar-refractivity contribution is 7.17. The highest BCUT2D eigenvalue weighted by Gasteiger charge is 2.34. The zero-order chi connectivity index (χ0) is 21.0. The van der Waals surface area contributed by atoms with Crippen molar-refractivity contribution >= 4 is 28.3 Å². The molecular weight excluding hydrogens is 392 g/mol. The van der Waals surface area contributed by atoms with Crippen LogP contribution in [-0.2, 0) is 29.0 Å². The van der Waals surface area contributed by atoms with E-state index in [2.05, 4.69) is 5.32 Å². The minimum atomic E-state index is -0.479. The molecule has 0 fully saturated rings. The Morgan fingerprint density at radius 2 is 2.03 bits per heavy atom. The lowest BCUT2D eigenvalue weighted by molar-refractivity contribution is -0.0384. The van der Waals surface area contributed by atoms with Gasteiger partial charge in [0.25, 0.3) is 0 Å². The van der Waals surface area contributed by atoms with E-state index in [0.717, 1.165) is 16.0 Å². The molecule has 0 radical (unpaired) electrons. The number of thiophene rings is 1. The average Bonchev–Trinajstić information content (AvgIpc) is 3.03. The number of carbonyl (C=O) groups excluding carboxylic acids is 2. The number of hydrogen-bond donors (Lipinski definition) is 2. The molecule has 2 amide bonds. The third-order valence-electron chi connectivity index (χ3n) is 4.77. The number of esters is 1. The van der Waals surface area contributed by atoms with Crippen molar-refractivity contribution < 1.29 is 24.2 Å². The first-order chi connectivity index (χ1) is 13.8. The first-order valence-electron chi connectivity index (χ1n) is 9.42. The van der Waals surface area contributed by atoms with E-state index in [9.17, 15) is 14.7 Å². The van der Waals surface area contributed by atoms with Crippen LogP contribution in [0.25, 0.3) is 0 Å². The summed E-state index contributed by atoms with van der Waals surface area (Å²) in [6.07, 6.45) is 0.559. The van der Waals surface area contributed by atoms with E-state index < -0.39 is 11.6 Å². The Morgan fingerprint density at radius 1 is 1.31 bits per heavy atom. The lowest BCUT2D eigenvalue weighted by Crippen LogP contribution is -2.36. The number of ether oxygens (including phenoxy) is 2. The van der Waals surface area contributed by atoms with Crippen LogP contribution in [0, 0.1) is 0 Å². The van der Waals surface area contributed by atoms with Gasteiger partial charge in [0, 0.05) is 24.4 Å². The summed E-state index contributed by atoms with van der Waals surface area (Å²) in [5.41, 5.74) is 1.81. The fourth-order valence-electron chi connectivity index (χ4n) is 3.31. The van der Waals surface area contributed by atoms with E-state index >= 15 is 0 Å². The number of aliphatic hydroxyl groups excluding tert-OH is 1. The molecule has 1 aromatic heterocycles. The minimum Gasteiger partial charge on any atom is -0.465 e. The molecule has 2 aromatic rings. The Bertz CT molecular complexity index is 879. The first-order valence-corrected chi connectivity index (χ1v) is 10.2. The van der Waals surface area contributed by atoms with Gasteiger partial charge in [0.1, 0.15) is 5.00 Å². The molecule has 2 N–H and O–H groups in total. The van der Waals surface area contributed by atoms with Crippen LogP contribution in [0.5, 0.6) is 0 Å². The molecule has 29 heavy (non-hydrogen) atoms. The predicted molar refractivity (Wildman–Crippen MR) is 111 cm³/mol. The maximum absolute atomic E-state index is 12.9. The first kappa shape index (κ1) is 21.3. The summed E-state index contributed by atoms with van der Waals surface area (Å²) in [6, 6.07) is 9.15. The number of urea groups is 1. The molecule has 0 atom stereocenters. The van der Waals surface area contributed by atoms with Gasteiger partial charge in [0.05, 0.1) is 31.5 Å². The second kappa shape index (κ2) is 8.94. The number of hydrogen-bond acceptors (Lipinski definition) is 6. The van der Waals surface area contributed by atoms with Gasteiger partial charge >= 0.3 is 12.0 Å². The molecular formula is C21H26N2O5S. The van der Waals surface area contributed by atoms with Crippen molar-refractivity contribution in [3.05, 3.63) is 51.9 Å². The zero-order valence-electron chi connectivity index (χ0n) is 16.9. The summed E-state index contributed by atoms with van der Waals surface area (Å²) in [5.74, 6) is -0.479. The number of anilines is 1. The second-order valence-corrected chi connectivity index (χ2v) is 8.59. The third kappa shape index (κ3) is 4.95. The van der Waals surface area contributed by atoms with E-state index in [1.54, 1.807) is 0 Å². The molecule has 2 heterocycles. The van der Waals surface area contributed by atoms with Gasteiger partial charge in [-0.2, -0.15) is 0 Å². The van der Waals surface area contributed by atoms with Crippen LogP contribution >= 0.6 is 11.3 Å². The van der Waals surface area contributed by atoms with Crippen LogP contribution < -0.4 is 5.32 Å². The van der Waals surface area contributed by atoms with Gasteiger partial charge in [-0.3, -0.25) is 5.32 Å². The molecule has 0 bridgehead atoms. The van der Waals surface area contributed by atoms with Crippen LogP contribution in [0.1, 0.15) is 40.2 Å².